The summed E-state index contributed by atoms with van der Waals surface area (Å²) < 4.78 is 21.3. The Morgan fingerprint density at radius 2 is 1.32 bits per heavy atom. The van der Waals surface area contributed by atoms with Crippen LogP contribution >= 0.6 is 0 Å². The first-order chi connectivity index (χ1) is 8.89. The minimum atomic E-state index is -0.343. The van der Waals surface area contributed by atoms with E-state index in [2.05, 4.69) is 13.8 Å². The number of methoxy groups -OCH3 is 2. The van der Waals surface area contributed by atoms with Crippen LogP contribution in [0.25, 0.3) is 0 Å². The van der Waals surface area contributed by atoms with E-state index in [0.717, 1.165) is 0 Å². The number of aliphatic hydroxyl groups excluding tert-OH is 1. The van der Waals surface area contributed by atoms with E-state index in [9.17, 15) is 5.11 Å². The van der Waals surface area contributed by atoms with E-state index in [1.165, 1.54) is 0 Å². The van der Waals surface area contributed by atoms with Crippen LogP contribution in [0.5, 0.6) is 0 Å². The third-order valence-corrected chi connectivity index (χ3v) is 2.72. The summed E-state index contributed by atoms with van der Waals surface area (Å²) in [5.74, 6) is 0. The fourth-order valence-corrected chi connectivity index (χ4v) is 1.70. The summed E-state index contributed by atoms with van der Waals surface area (Å²) in [4.78, 5) is 0. The van der Waals surface area contributed by atoms with Gasteiger partial charge >= 0.3 is 0 Å². The molecule has 19 heavy (non-hydrogen) atoms. The highest BCUT2D eigenvalue weighted by Crippen LogP contribution is 2.17. The normalized spacial score (nSPS) is 15.5. The van der Waals surface area contributed by atoms with Gasteiger partial charge in [-0.25, -0.2) is 0 Å². The second-order valence-corrected chi connectivity index (χ2v) is 6.10. The number of aliphatic hydroxyl groups is 1. The maximum absolute atomic E-state index is 9.28. The van der Waals surface area contributed by atoms with Crippen molar-refractivity contribution in [3.63, 3.8) is 0 Å². The zero-order valence-corrected chi connectivity index (χ0v) is 13.0. The van der Waals surface area contributed by atoms with E-state index in [4.69, 9.17) is 18.9 Å². The summed E-state index contributed by atoms with van der Waals surface area (Å²) in [6.07, 6.45) is 0. The molecular weight excluding hydrogens is 248 g/mol. The summed E-state index contributed by atoms with van der Waals surface area (Å²) in [6, 6.07) is 0. The van der Waals surface area contributed by atoms with Crippen LogP contribution in [-0.2, 0) is 18.9 Å². The first-order valence-corrected chi connectivity index (χ1v) is 6.63. The van der Waals surface area contributed by atoms with Gasteiger partial charge in [0.2, 0.25) is 0 Å². The van der Waals surface area contributed by atoms with Crippen molar-refractivity contribution in [1.29, 1.82) is 0 Å². The van der Waals surface area contributed by atoms with Gasteiger partial charge in [0.1, 0.15) is 0 Å². The lowest BCUT2D eigenvalue weighted by Crippen LogP contribution is -2.33. The molecule has 0 aromatic carbocycles. The van der Waals surface area contributed by atoms with Crippen LogP contribution in [0, 0.1) is 10.8 Å². The largest absolute Gasteiger partial charge is 0.396 e. The van der Waals surface area contributed by atoms with E-state index < -0.39 is 0 Å². The predicted molar refractivity (Wildman–Crippen MR) is 74.4 cm³/mol. The second kappa shape index (κ2) is 9.66. The van der Waals surface area contributed by atoms with Gasteiger partial charge < -0.3 is 24.1 Å². The van der Waals surface area contributed by atoms with Crippen molar-refractivity contribution in [3.8, 4) is 0 Å². The molecule has 5 nitrogen and oxygen atoms in total. The minimum absolute atomic E-state index is 0.0183. The summed E-state index contributed by atoms with van der Waals surface area (Å²) >= 11 is 0. The van der Waals surface area contributed by atoms with E-state index in [-0.39, 0.29) is 17.4 Å². The Bertz CT molecular complexity index is 220. The smallest absolute Gasteiger partial charge is 0.0700 e. The van der Waals surface area contributed by atoms with Gasteiger partial charge in [0.15, 0.2) is 0 Å². The molecule has 0 aromatic heterocycles. The Labute approximate surface area is 117 Å². The standard InChI is InChI=1S/C14H30O5/c1-13(2,9-16-4)10-18-6-7-19-12-14(3,8-15)11-17-5/h15H,6-12H2,1-5H3. The van der Waals surface area contributed by atoms with Gasteiger partial charge in [-0.05, 0) is 0 Å². The molecule has 0 bridgehead atoms. The number of hydrogen-bond donors (Lipinski definition) is 1. The molecule has 116 valence electrons. The van der Waals surface area contributed by atoms with E-state index in [0.29, 0.717) is 39.6 Å². The predicted octanol–water partition coefficient (Wildman–Crippen LogP) is 1.34. The van der Waals surface area contributed by atoms with Crippen molar-refractivity contribution < 1.29 is 24.1 Å². The summed E-state index contributed by atoms with van der Waals surface area (Å²) in [6.45, 7) is 9.47. The molecule has 1 atom stereocenters. The van der Waals surface area contributed by atoms with Crippen LogP contribution in [0.4, 0.5) is 0 Å². The molecule has 0 aliphatic carbocycles. The van der Waals surface area contributed by atoms with E-state index in [1.807, 2.05) is 6.92 Å². The van der Waals surface area contributed by atoms with Crippen molar-refractivity contribution in [2.45, 2.75) is 20.8 Å². The lowest BCUT2D eigenvalue weighted by Gasteiger charge is -2.26. The first kappa shape index (κ1) is 18.8. The molecule has 0 saturated heterocycles. The fraction of sp³-hybridized carbons (Fsp3) is 1.00. The molecule has 0 aromatic rings. The highest BCUT2D eigenvalue weighted by molar-refractivity contribution is 4.72. The fourth-order valence-electron chi connectivity index (χ4n) is 1.70. The van der Waals surface area contributed by atoms with Gasteiger partial charge in [-0.3, -0.25) is 0 Å². The Kier molecular flexibility index (Phi) is 9.56. The molecular formula is C14H30O5. The molecule has 0 fully saturated rings. The average Bonchev–Trinajstić information content (AvgIpc) is 2.34. The maximum atomic E-state index is 9.28. The third-order valence-electron chi connectivity index (χ3n) is 2.72. The van der Waals surface area contributed by atoms with Crippen molar-refractivity contribution >= 4 is 0 Å². The van der Waals surface area contributed by atoms with Gasteiger partial charge in [-0.1, -0.05) is 20.8 Å². The molecule has 0 aliphatic heterocycles. The molecule has 1 N–H and O–H groups in total. The highest BCUT2D eigenvalue weighted by Gasteiger charge is 2.23. The van der Waals surface area contributed by atoms with Gasteiger partial charge in [-0.15, -0.1) is 0 Å². The lowest BCUT2D eigenvalue weighted by atomic mass is 9.94. The number of rotatable bonds is 12. The maximum Gasteiger partial charge on any atom is 0.0700 e. The summed E-state index contributed by atoms with van der Waals surface area (Å²) in [5.41, 5.74) is -0.325. The SMILES string of the molecule is COCC(C)(C)COCCOCC(C)(CO)COC. The minimum Gasteiger partial charge on any atom is -0.396 e. The molecule has 0 spiro atoms. The monoisotopic (exact) mass is 278 g/mol. The average molecular weight is 278 g/mol. The van der Waals surface area contributed by atoms with Gasteiger partial charge in [0.25, 0.3) is 0 Å². The summed E-state index contributed by atoms with van der Waals surface area (Å²) in [5, 5.41) is 9.28. The second-order valence-electron chi connectivity index (χ2n) is 6.10. The Hall–Kier alpha value is -0.200. The quantitative estimate of drug-likeness (QED) is 0.546. The van der Waals surface area contributed by atoms with Gasteiger partial charge in [-0.2, -0.15) is 0 Å². The van der Waals surface area contributed by atoms with Gasteiger partial charge in [0.05, 0.1) is 46.2 Å². The lowest BCUT2D eigenvalue weighted by molar-refractivity contribution is -0.0523. The van der Waals surface area contributed by atoms with Crippen molar-refractivity contribution in [2.75, 3.05) is 60.5 Å². The van der Waals surface area contributed by atoms with Crippen LogP contribution in [0.1, 0.15) is 20.8 Å². The highest BCUT2D eigenvalue weighted by atomic mass is 16.5. The van der Waals surface area contributed by atoms with Gasteiger partial charge in [0, 0.05) is 25.0 Å². The number of hydrogen-bond acceptors (Lipinski definition) is 5. The zero-order chi connectivity index (χ0) is 14.8. The van der Waals surface area contributed by atoms with Crippen molar-refractivity contribution in [1.82, 2.24) is 0 Å². The number of ether oxygens (including phenoxy) is 4. The molecule has 0 radical (unpaired) electrons. The molecule has 0 amide bonds. The van der Waals surface area contributed by atoms with Crippen LogP contribution in [0.3, 0.4) is 0 Å². The van der Waals surface area contributed by atoms with Crippen LogP contribution in [0.15, 0.2) is 0 Å². The van der Waals surface area contributed by atoms with Crippen molar-refractivity contribution in [3.05, 3.63) is 0 Å². The zero-order valence-electron chi connectivity index (χ0n) is 13.0. The molecule has 5 heteroatoms. The van der Waals surface area contributed by atoms with E-state index >= 15 is 0 Å². The molecule has 0 aliphatic rings. The Morgan fingerprint density at radius 3 is 1.79 bits per heavy atom. The molecule has 0 rings (SSSR count). The molecule has 0 saturated carbocycles. The van der Waals surface area contributed by atoms with Crippen LogP contribution < -0.4 is 0 Å². The van der Waals surface area contributed by atoms with Crippen LogP contribution in [-0.4, -0.2) is 65.6 Å². The van der Waals surface area contributed by atoms with E-state index in [1.54, 1.807) is 14.2 Å². The third kappa shape index (κ3) is 9.35. The Balaban J connectivity index is 3.65. The van der Waals surface area contributed by atoms with Crippen LogP contribution in [0.2, 0.25) is 0 Å². The van der Waals surface area contributed by atoms with Crippen molar-refractivity contribution in [2.24, 2.45) is 10.8 Å². The summed E-state index contributed by atoms with van der Waals surface area (Å²) in [7, 11) is 3.31. The Morgan fingerprint density at radius 1 is 0.789 bits per heavy atom. The molecule has 0 heterocycles. The molecule has 1 unspecified atom stereocenters. The topological polar surface area (TPSA) is 57.2 Å². The first-order valence-electron chi connectivity index (χ1n) is 6.63.